The highest BCUT2D eigenvalue weighted by Gasteiger charge is 2.44. The lowest BCUT2D eigenvalue weighted by Gasteiger charge is -2.46. The summed E-state index contributed by atoms with van der Waals surface area (Å²) in [5.74, 6) is 0.353. The minimum Gasteiger partial charge on any atom is -0.369 e. The van der Waals surface area contributed by atoms with Crippen LogP contribution in [0.2, 0.25) is 0 Å². The topological polar surface area (TPSA) is 123 Å². The lowest BCUT2D eigenvalue weighted by Crippen LogP contribution is -2.58. The maximum absolute atomic E-state index is 11.5. The third-order valence-electron chi connectivity index (χ3n) is 4.67. The van der Waals surface area contributed by atoms with Gasteiger partial charge in [-0.3, -0.25) is 15.0 Å². The molecular formula is C15H18Br2N6O2. The van der Waals surface area contributed by atoms with Gasteiger partial charge in [0.2, 0.25) is 11.9 Å². The molecule has 10 heteroatoms. The molecule has 0 bridgehead atoms. The fourth-order valence-electron chi connectivity index (χ4n) is 3.66. The average Bonchev–Trinajstić information content (AvgIpc) is 2.49. The maximum atomic E-state index is 11.5. The van der Waals surface area contributed by atoms with Gasteiger partial charge in [0.25, 0.3) is 5.69 Å². The minimum absolute atomic E-state index is 0.000477. The summed E-state index contributed by atoms with van der Waals surface area (Å²) in [5.41, 5.74) is 12.5. The molecule has 0 amide bonds. The molecular weight excluding hydrogens is 456 g/mol. The Morgan fingerprint density at radius 2 is 1.88 bits per heavy atom. The van der Waals surface area contributed by atoms with Crippen molar-refractivity contribution in [3.8, 4) is 0 Å². The highest BCUT2D eigenvalue weighted by Crippen LogP contribution is 2.47. The van der Waals surface area contributed by atoms with E-state index in [0.29, 0.717) is 20.2 Å². The van der Waals surface area contributed by atoms with Crippen molar-refractivity contribution in [2.24, 2.45) is 21.5 Å². The van der Waals surface area contributed by atoms with E-state index in [1.54, 1.807) is 17.9 Å². The van der Waals surface area contributed by atoms with Crippen LogP contribution in [0.1, 0.15) is 37.7 Å². The van der Waals surface area contributed by atoms with E-state index >= 15 is 0 Å². The smallest absolute Gasteiger partial charge is 0.288 e. The van der Waals surface area contributed by atoms with Crippen LogP contribution >= 0.6 is 31.9 Å². The molecule has 0 radical (unpaired) electrons. The Kier molecular flexibility index (Phi) is 4.76. The second-order valence-electron chi connectivity index (χ2n) is 6.24. The molecule has 0 unspecified atom stereocenters. The molecule has 1 heterocycles. The number of aliphatic imine (C=N–C) groups is 2. The molecule has 2 aliphatic rings. The predicted molar refractivity (Wildman–Crippen MR) is 105 cm³/mol. The Labute approximate surface area is 161 Å². The van der Waals surface area contributed by atoms with Crippen molar-refractivity contribution in [3.05, 3.63) is 30.7 Å². The molecule has 134 valence electrons. The van der Waals surface area contributed by atoms with Gasteiger partial charge >= 0.3 is 0 Å². The summed E-state index contributed by atoms with van der Waals surface area (Å²) in [7, 11) is 0. The molecule has 1 aromatic rings. The second kappa shape index (κ2) is 6.56. The van der Waals surface area contributed by atoms with Crippen LogP contribution in [-0.2, 0) is 0 Å². The zero-order valence-electron chi connectivity index (χ0n) is 13.6. The summed E-state index contributed by atoms with van der Waals surface area (Å²) in [6, 6.07) is 1.66. The number of nitro benzene ring substituents is 1. The first kappa shape index (κ1) is 18.1. The van der Waals surface area contributed by atoms with Crippen LogP contribution in [0.3, 0.4) is 0 Å². The lowest BCUT2D eigenvalue weighted by molar-refractivity contribution is -0.386. The van der Waals surface area contributed by atoms with Gasteiger partial charge < -0.3 is 11.5 Å². The van der Waals surface area contributed by atoms with Crippen LogP contribution in [0.5, 0.6) is 0 Å². The Morgan fingerprint density at radius 3 is 2.48 bits per heavy atom. The van der Waals surface area contributed by atoms with Gasteiger partial charge in [-0.2, -0.15) is 4.99 Å². The molecule has 1 aliphatic heterocycles. The van der Waals surface area contributed by atoms with Crippen molar-refractivity contribution < 1.29 is 4.92 Å². The van der Waals surface area contributed by atoms with Crippen LogP contribution in [0, 0.1) is 17.0 Å². The van der Waals surface area contributed by atoms with E-state index in [2.05, 4.69) is 41.8 Å². The number of guanidine groups is 2. The summed E-state index contributed by atoms with van der Waals surface area (Å²) >= 11 is 6.79. The van der Waals surface area contributed by atoms with Crippen molar-refractivity contribution in [1.82, 2.24) is 0 Å². The van der Waals surface area contributed by atoms with Crippen molar-refractivity contribution in [2.75, 3.05) is 4.90 Å². The molecule has 1 spiro atoms. The molecule has 4 N–H and O–H groups in total. The van der Waals surface area contributed by atoms with E-state index in [1.165, 1.54) is 0 Å². The Morgan fingerprint density at radius 1 is 1.24 bits per heavy atom. The van der Waals surface area contributed by atoms with E-state index in [-0.39, 0.29) is 17.6 Å². The Balaban J connectivity index is 2.25. The van der Waals surface area contributed by atoms with Crippen molar-refractivity contribution in [1.29, 1.82) is 0 Å². The standard InChI is InChI=1S/C15H18Br2N6O2/c1-8-11(9(16)7-10(17)12(8)23(24)25)22-14(19)20-13(18)21-15(22)5-3-2-4-6-15/h7H,2-6H2,1H3,(H4,18,19,20,21). The normalized spacial score (nSPS) is 19.6. The number of nitro groups is 1. The summed E-state index contributed by atoms with van der Waals surface area (Å²) in [6.45, 7) is 1.70. The van der Waals surface area contributed by atoms with Gasteiger partial charge in [0, 0.05) is 4.47 Å². The van der Waals surface area contributed by atoms with Crippen LogP contribution in [0.4, 0.5) is 11.4 Å². The third-order valence-corrected chi connectivity index (χ3v) is 5.88. The van der Waals surface area contributed by atoms with E-state index < -0.39 is 10.6 Å². The van der Waals surface area contributed by atoms with E-state index in [0.717, 1.165) is 32.1 Å². The first-order valence-electron chi connectivity index (χ1n) is 7.89. The zero-order chi connectivity index (χ0) is 18.4. The molecule has 0 atom stereocenters. The molecule has 1 saturated carbocycles. The highest BCUT2D eigenvalue weighted by molar-refractivity contribution is 9.11. The molecule has 0 aromatic heterocycles. The van der Waals surface area contributed by atoms with E-state index in [4.69, 9.17) is 11.5 Å². The Bertz CT molecular complexity index is 802. The summed E-state index contributed by atoms with van der Waals surface area (Å²) in [5, 5.41) is 11.5. The third kappa shape index (κ3) is 3.01. The molecule has 25 heavy (non-hydrogen) atoms. The van der Waals surface area contributed by atoms with Gasteiger partial charge in [-0.1, -0.05) is 6.42 Å². The van der Waals surface area contributed by atoms with Gasteiger partial charge in [-0.15, -0.1) is 0 Å². The van der Waals surface area contributed by atoms with Crippen molar-refractivity contribution >= 4 is 55.2 Å². The molecule has 1 aromatic carbocycles. The quantitative estimate of drug-likeness (QED) is 0.502. The van der Waals surface area contributed by atoms with Gasteiger partial charge in [0.05, 0.1) is 20.6 Å². The summed E-state index contributed by atoms with van der Waals surface area (Å²) in [4.78, 5) is 21.7. The number of hydrogen-bond donors (Lipinski definition) is 2. The molecule has 0 saturated heterocycles. The largest absolute Gasteiger partial charge is 0.369 e. The monoisotopic (exact) mass is 472 g/mol. The first-order valence-corrected chi connectivity index (χ1v) is 9.48. The van der Waals surface area contributed by atoms with E-state index in [1.807, 2.05) is 0 Å². The zero-order valence-corrected chi connectivity index (χ0v) is 16.8. The van der Waals surface area contributed by atoms with Gasteiger partial charge in [0.1, 0.15) is 5.66 Å². The number of anilines is 1. The second-order valence-corrected chi connectivity index (χ2v) is 7.95. The van der Waals surface area contributed by atoms with Gasteiger partial charge in [-0.25, -0.2) is 4.99 Å². The van der Waals surface area contributed by atoms with Gasteiger partial charge in [0.15, 0.2) is 0 Å². The summed E-state index contributed by atoms with van der Waals surface area (Å²) in [6.07, 6.45) is 4.60. The number of benzene rings is 1. The number of nitrogens with zero attached hydrogens (tertiary/aromatic N) is 4. The SMILES string of the molecule is Cc1c(N2C(N)=NC(N)=NC23CCCCC3)c(Br)cc(Br)c1[N+](=O)[O-]. The minimum atomic E-state index is -0.650. The van der Waals surface area contributed by atoms with E-state index in [9.17, 15) is 10.1 Å². The predicted octanol–water partition coefficient (Wildman–Crippen LogP) is 3.54. The number of halogens is 2. The molecule has 8 nitrogen and oxygen atoms in total. The first-order chi connectivity index (χ1) is 11.8. The molecule has 1 fully saturated rings. The van der Waals surface area contributed by atoms with Crippen molar-refractivity contribution in [2.45, 2.75) is 44.7 Å². The van der Waals surface area contributed by atoms with Gasteiger partial charge in [-0.05, 0) is 70.5 Å². The maximum Gasteiger partial charge on any atom is 0.288 e. The van der Waals surface area contributed by atoms with Crippen LogP contribution in [0.15, 0.2) is 25.0 Å². The number of rotatable bonds is 2. The van der Waals surface area contributed by atoms with Crippen LogP contribution in [-0.4, -0.2) is 22.5 Å². The fraction of sp³-hybridized carbons (Fsp3) is 0.467. The molecule has 1 aliphatic carbocycles. The fourth-order valence-corrected chi connectivity index (χ4v) is 5.34. The van der Waals surface area contributed by atoms with Crippen LogP contribution < -0.4 is 16.4 Å². The summed E-state index contributed by atoms with van der Waals surface area (Å²) < 4.78 is 1.08. The average molecular weight is 474 g/mol. The number of nitrogens with two attached hydrogens (primary N) is 2. The Hall–Kier alpha value is -1.68. The molecule has 3 rings (SSSR count). The highest BCUT2D eigenvalue weighted by atomic mass is 79.9. The van der Waals surface area contributed by atoms with Crippen molar-refractivity contribution in [3.63, 3.8) is 0 Å². The lowest BCUT2D eigenvalue weighted by atomic mass is 9.87. The van der Waals surface area contributed by atoms with Crippen LogP contribution in [0.25, 0.3) is 0 Å². The number of hydrogen-bond acceptors (Lipinski definition) is 7.